The van der Waals surface area contributed by atoms with Crippen LogP contribution in [0.2, 0.25) is 0 Å². The Hall–Kier alpha value is -0.760. The molecule has 0 N–H and O–H groups in total. The molecule has 0 radical (unpaired) electrons. The third-order valence-corrected chi connectivity index (χ3v) is 4.16. The lowest BCUT2D eigenvalue weighted by atomic mass is 9.93. The Labute approximate surface area is 112 Å². The molecule has 18 heavy (non-hydrogen) atoms. The van der Waals surface area contributed by atoms with Gasteiger partial charge in [-0.2, -0.15) is 0 Å². The molecule has 2 rings (SSSR count). The zero-order valence-corrected chi connectivity index (χ0v) is 12.4. The molecular weight excluding hydrogens is 220 g/mol. The summed E-state index contributed by atoms with van der Waals surface area (Å²) < 4.78 is 2.38. The van der Waals surface area contributed by atoms with Crippen molar-refractivity contribution in [2.75, 3.05) is 13.1 Å². The first-order valence-electron chi connectivity index (χ1n) is 7.38. The van der Waals surface area contributed by atoms with E-state index in [1.165, 1.54) is 38.0 Å². The average molecular weight is 248 g/mol. The number of piperidine rings is 1. The topological polar surface area (TPSA) is 8.17 Å². The van der Waals surface area contributed by atoms with Gasteiger partial charge in [0.1, 0.15) is 0 Å². The van der Waals surface area contributed by atoms with Gasteiger partial charge >= 0.3 is 0 Å². The Morgan fingerprint density at radius 2 is 2.11 bits per heavy atom. The molecule has 1 fully saturated rings. The average Bonchev–Trinajstić information content (AvgIpc) is 2.76. The zero-order chi connectivity index (χ0) is 13.2. The van der Waals surface area contributed by atoms with Crippen LogP contribution in [0.15, 0.2) is 18.5 Å². The summed E-state index contributed by atoms with van der Waals surface area (Å²) in [6.45, 7) is 12.9. The van der Waals surface area contributed by atoms with E-state index in [1.807, 2.05) is 0 Å². The van der Waals surface area contributed by atoms with Crippen LogP contribution >= 0.6 is 0 Å². The number of hydrogen-bond donors (Lipinski definition) is 0. The van der Waals surface area contributed by atoms with Crippen molar-refractivity contribution >= 4 is 0 Å². The van der Waals surface area contributed by atoms with Crippen molar-refractivity contribution in [2.24, 2.45) is 5.92 Å². The summed E-state index contributed by atoms with van der Waals surface area (Å²) in [5, 5.41) is 0. The van der Waals surface area contributed by atoms with Crippen LogP contribution in [0.3, 0.4) is 0 Å². The van der Waals surface area contributed by atoms with Crippen LogP contribution in [0, 0.1) is 5.92 Å². The summed E-state index contributed by atoms with van der Waals surface area (Å²) in [7, 11) is 0. The predicted octanol–water partition coefficient (Wildman–Crippen LogP) is 3.56. The monoisotopic (exact) mass is 248 g/mol. The standard InChI is InChI=1S/C16H28N2/c1-5-14-8-10-17(11-14)12-15-7-6-9-18(13-15)16(2,3)4/h8,10-11,15H,5-7,9,12-13H2,1-4H3. The van der Waals surface area contributed by atoms with Crippen LogP contribution in [-0.2, 0) is 13.0 Å². The van der Waals surface area contributed by atoms with Crippen molar-refractivity contribution in [2.45, 2.75) is 59.0 Å². The highest BCUT2D eigenvalue weighted by molar-refractivity contribution is 5.09. The van der Waals surface area contributed by atoms with Gasteiger partial charge in [0, 0.05) is 31.0 Å². The van der Waals surface area contributed by atoms with E-state index in [1.54, 1.807) is 0 Å². The minimum atomic E-state index is 0.323. The molecule has 2 nitrogen and oxygen atoms in total. The second-order valence-corrected chi connectivity index (χ2v) is 6.70. The maximum Gasteiger partial charge on any atom is 0.0260 e. The van der Waals surface area contributed by atoms with Gasteiger partial charge in [-0.05, 0) is 64.1 Å². The largest absolute Gasteiger partial charge is 0.354 e. The number of nitrogens with zero attached hydrogens (tertiary/aromatic N) is 2. The van der Waals surface area contributed by atoms with Gasteiger partial charge in [0.05, 0.1) is 0 Å². The summed E-state index contributed by atoms with van der Waals surface area (Å²) in [5.41, 5.74) is 1.78. The molecule has 2 heteroatoms. The highest BCUT2D eigenvalue weighted by Gasteiger charge is 2.27. The molecule has 2 heterocycles. The van der Waals surface area contributed by atoms with Crippen LogP contribution in [0.1, 0.15) is 46.1 Å². The Morgan fingerprint density at radius 3 is 2.72 bits per heavy atom. The first-order chi connectivity index (χ1) is 8.49. The maximum atomic E-state index is 2.64. The number of aromatic nitrogens is 1. The maximum absolute atomic E-state index is 2.64. The van der Waals surface area contributed by atoms with Gasteiger partial charge in [0.25, 0.3) is 0 Å². The fraction of sp³-hybridized carbons (Fsp3) is 0.750. The molecular formula is C16H28N2. The molecule has 0 amide bonds. The van der Waals surface area contributed by atoms with E-state index >= 15 is 0 Å². The third kappa shape index (κ3) is 3.38. The van der Waals surface area contributed by atoms with Gasteiger partial charge in [-0.15, -0.1) is 0 Å². The fourth-order valence-electron chi connectivity index (χ4n) is 2.93. The second-order valence-electron chi connectivity index (χ2n) is 6.70. The highest BCUT2D eigenvalue weighted by Crippen LogP contribution is 2.24. The molecule has 1 aliphatic rings. The molecule has 1 aromatic heterocycles. The van der Waals surface area contributed by atoms with Crippen LogP contribution < -0.4 is 0 Å². The van der Waals surface area contributed by atoms with E-state index in [0.29, 0.717) is 5.54 Å². The van der Waals surface area contributed by atoms with E-state index in [2.05, 4.69) is 55.6 Å². The van der Waals surface area contributed by atoms with Crippen LogP contribution in [0.25, 0.3) is 0 Å². The summed E-state index contributed by atoms with van der Waals surface area (Å²) in [6.07, 6.45) is 8.44. The van der Waals surface area contributed by atoms with Gasteiger partial charge in [-0.3, -0.25) is 4.90 Å². The Balaban J connectivity index is 1.93. The Kier molecular flexibility index (Phi) is 4.16. The van der Waals surface area contributed by atoms with Gasteiger partial charge in [-0.25, -0.2) is 0 Å². The van der Waals surface area contributed by atoms with Crippen molar-refractivity contribution in [3.63, 3.8) is 0 Å². The normalized spacial score (nSPS) is 22.3. The van der Waals surface area contributed by atoms with Crippen molar-refractivity contribution < 1.29 is 0 Å². The van der Waals surface area contributed by atoms with Gasteiger partial charge < -0.3 is 4.57 Å². The smallest absolute Gasteiger partial charge is 0.0260 e. The lowest BCUT2D eigenvalue weighted by molar-refractivity contribution is 0.0734. The molecule has 1 saturated heterocycles. The first-order valence-corrected chi connectivity index (χ1v) is 7.38. The van der Waals surface area contributed by atoms with E-state index in [9.17, 15) is 0 Å². The summed E-state index contributed by atoms with van der Waals surface area (Å²) in [5.74, 6) is 0.815. The van der Waals surface area contributed by atoms with Crippen LogP contribution in [0.4, 0.5) is 0 Å². The van der Waals surface area contributed by atoms with E-state index < -0.39 is 0 Å². The Bertz CT molecular complexity index is 373. The van der Waals surface area contributed by atoms with Crippen LogP contribution in [-0.4, -0.2) is 28.1 Å². The predicted molar refractivity (Wildman–Crippen MR) is 77.9 cm³/mol. The molecule has 0 aromatic carbocycles. The summed E-state index contributed by atoms with van der Waals surface area (Å²) in [4.78, 5) is 2.64. The number of likely N-dealkylation sites (tertiary alicyclic amines) is 1. The molecule has 1 unspecified atom stereocenters. The number of hydrogen-bond acceptors (Lipinski definition) is 1. The summed E-state index contributed by atoms with van der Waals surface area (Å²) in [6, 6.07) is 2.25. The molecule has 0 saturated carbocycles. The molecule has 1 aromatic rings. The molecule has 102 valence electrons. The summed E-state index contributed by atoms with van der Waals surface area (Å²) >= 11 is 0. The zero-order valence-electron chi connectivity index (χ0n) is 12.4. The van der Waals surface area contributed by atoms with Crippen molar-refractivity contribution in [3.05, 3.63) is 24.0 Å². The van der Waals surface area contributed by atoms with Crippen molar-refractivity contribution in [1.29, 1.82) is 0 Å². The first kappa shape index (κ1) is 13.7. The van der Waals surface area contributed by atoms with Gasteiger partial charge in [0.2, 0.25) is 0 Å². The van der Waals surface area contributed by atoms with Gasteiger partial charge in [-0.1, -0.05) is 6.92 Å². The molecule has 0 aliphatic carbocycles. The van der Waals surface area contributed by atoms with E-state index in [0.717, 1.165) is 12.3 Å². The molecule has 0 bridgehead atoms. The molecule has 1 aliphatic heterocycles. The van der Waals surface area contributed by atoms with Crippen molar-refractivity contribution in [3.8, 4) is 0 Å². The minimum absolute atomic E-state index is 0.323. The number of aryl methyl sites for hydroxylation is 1. The van der Waals surface area contributed by atoms with Gasteiger partial charge in [0.15, 0.2) is 0 Å². The number of rotatable bonds is 3. The lowest BCUT2D eigenvalue weighted by Crippen LogP contribution is -2.47. The molecule has 1 atom stereocenters. The quantitative estimate of drug-likeness (QED) is 0.794. The van der Waals surface area contributed by atoms with E-state index in [-0.39, 0.29) is 0 Å². The Morgan fingerprint density at radius 1 is 1.33 bits per heavy atom. The minimum Gasteiger partial charge on any atom is -0.354 e. The van der Waals surface area contributed by atoms with Crippen molar-refractivity contribution in [1.82, 2.24) is 9.47 Å². The van der Waals surface area contributed by atoms with Crippen LogP contribution in [0.5, 0.6) is 0 Å². The third-order valence-electron chi connectivity index (χ3n) is 4.16. The van der Waals surface area contributed by atoms with E-state index in [4.69, 9.17) is 0 Å². The highest BCUT2D eigenvalue weighted by atomic mass is 15.2. The SMILES string of the molecule is CCc1ccn(CC2CCCN(C(C)(C)C)C2)c1. The second kappa shape index (κ2) is 5.48. The lowest BCUT2D eigenvalue weighted by Gasteiger charge is -2.41. The fourth-order valence-corrected chi connectivity index (χ4v) is 2.93. The molecule has 0 spiro atoms.